The lowest BCUT2D eigenvalue weighted by Gasteiger charge is -2.60. The van der Waals surface area contributed by atoms with Gasteiger partial charge in [0, 0.05) is 16.6 Å². The number of ether oxygens (including phenoxy) is 1. The molecule has 1 heterocycles. The monoisotopic (exact) mass is 431 g/mol. The fourth-order valence-electron chi connectivity index (χ4n) is 6.82. The molecule has 0 radical (unpaired) electrons. The van der Waals surface area contributed by atoms with Gasteiger partial charge in [-0.05, 0) is 80.9 Å². The Labute approximate surface area is 168 Å². The molecule has 4 fully saturated rings. The molecule has 144 valence electrons. The van der Waals surface area contributed by atoms with Crippen LogP contribution in [0.1, 0.15) is 60.9 Å². The first-order valence-corrected chi connectivity index (χ1v) is 10.9. The van der Waals surface area contributed by atoms with Crippen LogP contribution in [0.5, 0.6) is 0 Å². The molecule has 1 amide bonds. The first-order chi connectivity index (χ1) is 12.9. The SMILES string of the molecule is COC(=O)c1cccc2c1CCCN2C(=O)C12CC3CC(CC(Br)(C3)C1)C2. The number of alkyl halides is 1. The molecule has 0 saturated heterocycles. The number of halogens is 1. The molecule has 4 nitrogen and oxygen atoms in total. The third kappa shape index (κ3) is 2.68. The summed E-state index contributed by atoms with van der Waals surface area (Å²) in [6.45, 7) is 0.753. The van der Waals surface area contributed by atoms with Crippen molar-refractivity contribution in [2.24, 2.45) is 17.3 Å². The fraction of sp³-hybridized carbons (Fsp3) is 0.636. The predicted octanol–water partition coefficient (Wildman–Crippen LogP) is 4.49. The highest BCUT2D eigenvalue weighted by Crippen LogP contribution is 2.65. The minimum Gasteiger partial charge on any atom is -0.465 e. The summed E-state index contributed by atoms with van der Waals surface area (Å²) in [5.41, 5.74) is 2.29. The molecule has 0 spiro atoms. The summed E-state index contributed by atoms with van der Waals surface area (Å²) in [5, 5.41) is 0. The van der Waals surface area contributed by atoms with Gasteiger partial charge in [-0.1, -0.05) is 22.0 Å². The van der Waals surface area contributed by atoms with Crippen LogP contribution < -0.4 is 4.90 Å². The smallest absolute Gasteiger partial charge is 0.338 e. The molecule has 27 heavy (non-hydrogen) atoms. The van der Waals surface area contributed by atoms with E-state index in [2.05, 4.69) is 15.9 Å². The number of methoxy groups -OCH3 is 1. The van der Waals surface area contributed by atoms with E-state index >= 15 is 0 Å². The van der Waals surface area contributed by atoms with Crippen molar-refractivity contribution in [3.8, 4) is 0 Å². The van der Waals surface area contributed by atoms with Crippen molar-refractivity contribution < 1.29 is 14.3 Å². The van der Waals surface area contributed by atoms with Crippen LogP contribution in [0.3, 0.4) is 0 Å². The average Bonchev–Trinajstić information content (AvgIpc) is 2.64. The van der Waals surface area contributed by atoms with Crippen molar-refractivity contribution in [3.63, 3.8) is 0 Å². The number of benzene rings is 1. The van der Waals surface area contributed by atoms with Crippen LogP contribution in [0.4, 0.5) is 5.69 Å². The molecule has 5 aliphatic rings. The van der Waals surface area contributed by atoms with E-state index in [1.54, 1.807) is 0 Å². The Balaban J connectivity index is 1.52. The Morgan fingerprint density at radius 2 is 1.93 bits per heavy atom. The Morgan fingerprint density at radius 1 is 1.19 bits per heavy atom. The van der Waals surface area contributed by atoms with Crippen LogP contribution in [-0.4, -0.2) is 29.9 Å². The third-order valence-corrected chi connectivity index (χ3v) is 8.27. The normalized spacial score (nSPS) is 36.4. The average molecular weight is 432 g/mol. The van der Waals surface area contributed by atoms with Gasteiger partial charge in [-0.25, -0.2) is 4.79 Å². The number of carbonyl (C=O) groups is 2. The molecule has 4 aliphatic carbocycles. The minimum atomic E-state index is -0.310. The quantitative estimate of drug-likeness (QED) is 0.511. The fourth-order valence-corrected chi connectivity index (χ4v) is 8.28. The van der Waals surface area contributed by atoms with E-state index < -0.39 is 0 Å². The van der Waals surface area contributed by atoms with Gasteiger partial charge in [0.05, 0.1) is 18.1 Å². The van der Waals surface area contributed by atoms with Gasteiger partial charge in [-0.2, -0.15) is 0 Å². The summed E-state index contributed by atoms with van der Waals surface area (Å²) in [6, 6.07) is 5.70. The molecule has 4 saturated carbocycles. The third-order valence-electron chi connectivity index (χ3n) is 7.34. The first-order valence-electron chi connectivity index (χ1n) is 10.1. The molecule has 2 unspecified atom stereocenters. The Kier molecular flexibility index (Phi) is 3.98. The molecular formula is C22H26BrNO3. The lowest BCUT2D eigenvalue weighted by molar-refractivity contribution is -0.141. The van der Waals surface area contributed by atoms with Gasteiger partial charge in [0.1, 0.15) is 0 Å². The second-order valence-corrected chi connectivity index (χ2v) is 10.9. The van der Waals surface area contributed by atoms with Crippen LogP contribution in [0.2, 0.25) is 0 Å². The standard InChI is InChI=1S/C22H26BrNO3/c1-27-19(25)17-4-2-6-18-16(17)5-3-7-24(18)20(26)21-9-14-8-15(10-21)12-22(23,11-14)13-21/h2,4,6,14-15H,3,5,7-13H2,1H3. The topological polar surface area (TPSA) is 46.6 Å². The number of esters is 1. The summed E-state index contributed by atoms with van der Waals surface area (Å²) in [7, 11) is 1.42. The van der Waals surface area contributed by atoms with Crippen molar-refractivity contribution in [2.45, 2.75) is 55.7 Å². The number of fused-ring (bicyclic) bond motifs is 1. The van der Waals surface area contributed by atoms with Crippen molar-refractivity contribution >= 4 is 33.5 Å². The number of rotatable bonds is 2. The van der Waals surface area contributed by atoms with E-state index in [0.29, 0.717) is 23.3 Å². The molecule has 0 N–H and O–H groups in total. The number of hydrogen-bond donors (Lipinski definition) is 0. The molecule has 6 rings (SSSR count). The highest BCUT2D eigenvalue weighted by molar-refractivity contribution is 9.10. The highest BCUT2D eigenvalue weighted by atomic mass is 79.9. The number of nitrogens with zero attached hydrogens (tertiary/aromatic N) is 1. The van der Waals surface area contributed by atoms with Crippen LogP contribution in [0.15, 0.2) is 18.2 Å². The largest absolute Gasteiger partial charge is 0.465 e. The maximum atomic E-state index is 13.9. The second kappa shape index (κ2) is 6.07. The van der Waals surface area contributed by atoms with E-state index in [0.717, 1.165) is 49.9 Å². The van der Waals surface area contributed by atoms with Gasteiger partial charge in [0.25, 0.3) is 0 Å². The lowest BCUT2D eigenvalue weighted by atomic mass is 9.49. The first kappa shape index (κ1) is 17.7. The van der Waals surface area contributed by atoms with E-state index in [1.807, 2.05) is 23.1 Å². The summed E-state index contributed by atoms with van der Waals surface area (Å²) in [5.74, 6) is 1.35. The molecule has 4 bridgehead atoms. The zero-order chi connectivity index (χ0) is 18.8. The van der Waals surface area contributed by atoms with Crippen LogP contribution >= 0.6 is 15.9 Å². The lowest BCUT2D eigenvalue weighted by Crippen LogP contribution is -2.59. The van der Waals surface area contributed by atoms with Crippen molar-refractivity contribution in [1.82, 2.24) is 0 Å². The maximum absolute atomic E-state index is 13.9. The zero-order valence-electron chi connectivity index (χ0n) is 15.8. The van der Waals surface area contributed by atoms with Gasteiger partial charge in [-0.15, -0.1) is 0 Å². The van der Waals surface area contributed by atoms with E-state index in [1.165, 1.54) is 26.4 Å². The van der Waals surface area contributed by atoms with Crippen molar-refractivity contribution in [3.05, 3.63) is 29.3 Å². The molecule has 0 aromatic heterocycles. The number of amides is 1. The maximum Gasteiger partial charge on any atom is 0.338 e. The number of anilines is 1. The molecule has 1 aliphatic heterocycles. The molecule has 1 aromatic rings. The van der Waals surface area contributed by atoms with Crippen molar-refractivity contribution in [1.29, 1.82) is 0 Å². The molecule has 1 aromatic carbocycles. The van der Waals surface area contributed by atoms with Crippen LogP contribution in [0.25, 0.3) is 0 Å². The predicted molar refractivity (Wildman–Crippen MR) is 107 cm³/mol. The Hall–Kier alpha value is -1.36. The van der Waals surface area contributed by atoms with Crippen LogP contribution in [0, 0.1) is 17.3 Å². The second-order valence-electron chi connectivity index (χ2n) is 9.25. The summed E-state index contributed by atoms with van der Waals surface area (Å²) < 4.78 is 5.13. The minimum absolute atomic E-state index is 0.166. The molecule has 5 heteroatoms. The summed E-state index contributed by atoms with van der Waals surface area (Å²) in [6.07, 6.45) is 8.51. The zero-order valence-corrected chi connectivity index (χ0v) is 17.4. The van der Waals surface area contributed by atoms with Gasteiger partial charge >= 0.3 is 5.97 Å². The molecule has 2 atom stereocenters. The van der Waals surface area contributed by atoms with E-state index in [-0.39, 0.29) is 15.7 Å². The van der Waals surface area contributed by atoms with Gasteiger partial charge in [0.2, 0.25) is 5.91 Å². The van der Waals surface area contributed by atoms with E-state index in [4.69, 9.17) is 4.74 Å². The molecular weight excluding hydrogens is 406 g/mol. The van der Waals surface area contributed by atoms with E-state index in [9.17, 15) is 9.59 Å². The summed E-state index contributed by atoms with van der Waals surface area (Å²) in [4.78, 5) is 28.1. The Morgan fingerprint density at radius 3 is 2.59 bits per heavy atom. The Bertz CT molecular complexity index is 806. The van der Waals surface area contributed by atoms with Crippen molar-refractivity contribution in [2.75, 3.05) is 18.6 Å². The van der Waals surface area contributed by atoms with Gasteiger partial charge < -0.3 is 9.64 Å². The highest BCUT2D eigenvalue weighted by Gasteiger charge is 2.60. The number of carbonyl (C=O) groups excluding carboxylic acids is 2. The number of hydrogen-bond acceptors (Lipinski definition) is 3. The van der Waals surface area contributed by atoms with Gasteiger partial charge in [-0.3, -0.25) is 4.79 Å². The summed E-state index contributed by atoms with van der Waals surface area (Å²) >= 11 is 4.02. The van der Waals surface area contributed by atoms with Gasteiger partial charge in [0.15, 0.2) is 0 Å². The van der Waals surface area contributed by atoms with Crippen LogP contribution in [-0.2, 0) is 16.0 Å².